The van der Waals surface area contributed by atoms with E-state index in [-0.39, 0.29) is 0 Å². The summed E-state index contributed by atoms with van der Waals surface area (Å²) in [6, 6.07) is 16.7. The summed E-state index contributed by atoms with van der Waals surface area (Å²) in [6.07, 6.45) is 6.26. The van der Waals surface area contributed by atoms with Crippen molar-refractivity contribution in [2.75, 3.05) is 31.6 Å². The standard InChI is InChI=1S/C32H42N4O/c1-7-18-36-19-16-27(17-20-36)35(6)32-30(31(23(3)8-2)33-22-34-32)25(5)26-14-15-29(24(4)21-26)37-28-12-10-9-11-13-28/h9-15,21-23,27H,5,7-8,16-20H2,1-4,6H3. The number of aryl methyl sites for hydroxylation is 1. The highest BCUT2D eigenvalue weighted by Gasteiger charge is 2.27. The van der Waals surface area contributed by atoms with Gasteiger partial charge in [-0.2, -0.15) is 0 Å². The molecule has 0 bridgehead atoms. The van der Waals surface area contributed by atoms with Crippen LogP contribution in [-0.4, -0.2) is 47.6 Å². The number of likely N-dealkylation sites (tertiary alicyclic amines) is 1. The Morgan fingerprint density at radius 1 is 1.11 bits per heavy atom. The van der Waals surface area contributed by atoms with Crippen LogP contribution < -0.4 is 9.64 Å². The minimum absolute atomic E-state index is 0.315. The van der Waals surface area contributed by atoms with E-state index in [9.17, 15) is 0 Å². The SMILES string of the molecule is C=C(c1ccc(Oc2ccccc2)c(C)c1)c1c(C(C)CC)ncnc1N(C)C1CCN(CCC)CC1. The Morgan fingerprint density at radius 2 is 1.84 bits per heavy atom. The van der Waals surface area contributed by atoms with Gasteiger partial charge in [-0.1, -0.05) is 51.6 Å². The van der Waals surface area contributed by atoms with Crippen molar-refractivity contribution in [3.63, 3.8) is 0 Å². The van der Waals surface area contributed by atoms with E-state index < -0.39 is 0 Å². The maximum atomic E-state index is 6.13. The van der Waals surface area contributed by atoms with Crippen LogP contribution >= 0.6 is 0 Å². The Kier molecular flexibility index (Phi) is 8.99. The largest absolute Gasteiger partial charge is 0.457 e. The Morgan fingerprint density at radius 3 is 2.49 bits per heavy atom. The predicted molar refractivity (Wildman–Crippen MR) is 155 cm³/mol. The van der Waals surface area contributed by atoms with Gasteiger partial charge in [0.1, 0.15) is 23.6 Å². The summed E-state index contributed by atoms with van der Waals surface area (Å²) in [5, 5.41) is 0. The van der Waals surface area contributed by atoms with Gasteiger partial charge in [-0.15, -0.1) is 0 Å². The van der Waals surface area contributed by atoms with Crippen LogP contribution in [0.1, 0.15) is 74.8 Å². The van der Waals surface area contributed by atoms with Crippen LogP contribution in [0.15, 0.2) is 61.4 Å². The molecule has 0 amide bonds. The topological polar surface area (TPSA) is 41.5 Å². The van der Waals surface area contributed by atoms with Crippen molar-refractivity contribution in [2.45, 2.75) is 65.3 Å². The average molecular weight is 499 g/mol. The van der Waals surface area contributed by atoms with Crippen molar-refractivity contribution >= 4 is 11.4 Å². The molecule has 1 fully saturated rings. The third-order valence-electron chi connectivity index (χ3n) is 7.71. The second kappa shape index (κ2) is 12.4. The van der Waals surface area contributed by atoms with E-state index in [1.54, 1.807) is 6.33 Å². The molecule has 1 aromatic heterocycles. The van der Waals surface area contributed by atoms with Crippen LogP contribution in [0, 0.1) is 6.92 Å². The first-order valence-electron chi connectivity index (χ1n) is 13.8. The van der Waals surface area contributed by atoms with Crippen molar-refractivity contribution in [1.29, 1.82) is 0 Å². The van der Waals surface area contributed by atoms with Crippen molar-refractivity contribution in [1.82, 2.24) is 14.9 Å². The van der Waals surface area contributed by atoms with Crippen molar-refractivity contribution in [2.24, 2.45) is 0 Å². The van der Waals surface area contributed by atoms with E-state index in [1.807, 2.05) is 36.4 Å². The zero-order chi connectivity index (χ0) is 26.4. The number of hydrogen-bond acceptors (Lipinski definition) is 5. The highest BCUT2D eigenvalue weighted by atomic mass is 16.5. The quantitative estimate of drug-likeness (QED) is 0.290. The van der Waals surface area contributed by atoms with Crippen molar-refractivity contribution in [3.8, 4) is 11.5 Å². The van der Waals surface area contributed by atoms with Crippen LogP contribution in [0.2, 0.25) is 0 Å². The molecule has 0 saturated carbocycles. The molecule has 1 atom stereocenters. The summed E-state index contributed by atoms with van der Waals surface area (Å²) in [7, 11) is 2.20. The number of nitrogens with zero attached hydrogens (tertiary/aromatic N) is 4. The normalized spacial score (nSPS) is 15.4. The fraction of sp³-hybridized carbons (Fsp3) is 0.438. The summed E-state index contributed by atoms with van der Waals surface area (Å²) >= 11 is 0. The number of piperidine rings is 1. The number of rotatable bonds is 10. The van der Waals surface area contributed by atoms with E-state index in [0.717, 1.165) is 77.6 Å². The van der Waals surface area contributed by atoms with Gasteiger partial charge < -0.3 is 14.5 Å². The van der Waals surface area contributed by atoms with Gasteiger partial charge in [-0.25, -0.2) is 9.97 Å². The van der Waals surface area contributed by atoms with E-state index >= 15 is 0 Å². The number of para-hydroxylation sites is 1. The maximum Gasteiger partial charge on any atom is 0.140 e. The second-order valence-corrected chi connectivity index (χ2v) is 10.3. The second-order valence-electron chi connectivity index (χ2n) is 10.3. The molecule has 2 heterocycles. The smallest absolute Gasteiger partial charge is 0.140 e. The highest BCUT2D eigenvalue weighted by Crippen LogP contribution is 2.38. The molecule has 196 valence electrons. The van der Waals surface area contributed by atoms with E-state index in [1.165, 1.54) is 13.0 Å². The van der Waals surface area contributed by atoms with Crippen LogP contribution in [0.4, 0.5) is 5.82 Å². The zero-order valence-corrected chi connectivity index (χ0v) is 23.2. The van der Waals surface area contributed by atoms with Gasteiger partial charge in [0.05, 0.1) is 5.69 Å². The van der Waals surface area contributed by atoms with E-state index in [0.29, 0.717) is 12.0 Å². The molecule has 0 spiro atoms. The number of hydrogen-bond donors (Lipinski definition) is 0. The minimum Gasteiger partial charge on any atom is -0.457 e. The summed E-state index contributed by atoms with van der Waals surface area (Å²) < 4.78 is 6.13. The first-order chi connectivity index (χ1) is 17.9. The van der Waals surface area contributed by atoms with Crippen LogP contribution in [0.3, 0.4) is 0 Å². The van der Waals surface area contributed by atoms with Gasteiger partial charge >= 0.3 is 0 Å². The van der Waals surface area contributed by atoms with Crippen LogP contribution in [-0.2, 0) is 0 Å². The Balaban J connectivity index is 1.65. The molecule has 0 radical (unpaired) electrons. The lowest BCUT2D eigenvalue weighted by Gasteiger charge is -2.38. The summed E-state index contributed by atoms with van der Waals surface area (Å²) in [6.45, 7) is 16.9. The van der Waals surface area contributed by atoms with Crippen molar-refractivity contribution < 1.29 is 4.74 Å². The highest BCUT2D eigenvalue weighted by molar-refractivity contribution is 5.85. The third kappa shape index (κ3) is 6.22. The molecule has 1 aliphatic heterocycles. The van der Waals surface area contributed by atoms with Crippen LogP contribution in [0.25, 0.3) is 5.57 Å². The van der Waals surface area contributed by atoms with Crippen LogP contribution in [0.5, 0.6) is 11.5 Å². The Bertz CT molecular complexity index is 1180. The molecule has 1 unspecified atom stereocenters. The summed E-state index contributed by atoms with van der Waals surface area (Å²) in [5.74, 6) is 2.99. The Hall–Kier alpha value is -3.18. The first kappa shape index (κ1) is 26.9. The summed E-state index contributed by atoms with van der Waals surface area (Å²) in [4.78, 5) is 14.6. The molecule has 4 rings (SSSR count). The number of ether oxygens (including phenoxy) is 1. The number of benzene rings is 2. The number of anilines is 1. The molecule has 1 aliphatic rings. The number of aromatic nitrogens is 2. The minimum atomic E-state index is 0.315. The van der Waals surface area contributed by atoms with Gasteiger partial charge in [0.15, 0.2) is 0 Å². The fourth-order valence-electron chi connectivity index (χ4n) is 5.24. The molecule has 0 N–H and O–H groups in total. The van der Waals surface area contributed by atoms with E-state index in [4.69, 9.17) is 14.7 Å². The van der Waals surface area contributed by atoms with Gasteiger partial charge in [0.25, 0.3) is 0 Å². The maximum absolute atomic E-state index is 6.13. The first-order valence-corrected chi connectivity index (χ1v) is 13.8. The average Bonchev–Trinajstić information content (AvgIpc) is 2.93. The summed E-state index contributed by atoms with van der Waals surface area (Å²) in [5.41, 5.74) is 5.27. The lowest BCUT2D eigenvalue weighted by molar-refractivity contribution is 0.211. The molecule has 3 aromatic rings. The zero-order valence-electron chi connectivity index (χ0n) is 23.2. The molecule has 5 heteroatoms. The molecule has 2 aromatic carbocycles. The van der Waals surface area contributed by atoms with Gasteiger partial charge in [0, 0.05) is 31.7 Å². The molecule has 37 heavy (non-hydrogen) atoms. The van der Waals surface area contributed by atoms with E-state index in [2.05, 4.69) is 63.3 Å². The van der Waals surface area contributed by atoms with Gasteiger partial charge in [-0.05, 0) is 86.0 Å². The molecule has 5 nitrogen and oxygen atoms in total. The monoisotopic (exact) mass is 498 g/mol. The lowest BCUT2D eigenvalue weighted by atomic mass is 9.90. The molecule has 0 aliphatic carbocycles. The molecular weight excluding hydrogens is 456 g/mol. The third-order valence-corrected chi connectivity index (χ3v) is 7.71. The Labute approximate surface area is 223 Å². The van der Waals surface area contributed by atoms with Gasteiger partial charge in [0.2, 0.25) is 0 Å². The molecular formula is C32H42N4O. The van der Waals surface area contributed by atoms with Crippen molar-refractivity contribution in [3.05, 3.63) is 83.8 Å². The fourth-order valence-corrected chi connectivity index (χ4v) is 5.24. The predicted octanol–water partition coefficient (Wildman–Crippen LogP) is 7.46. The van der Waals surface area contributed by atoms with Gasteiger partial charge in [-0.3, -0.25) is 0 Å². The molecule has 1 saturated heterocycles. The lowest BCUT2D eigenvalue weighted by Crippen LogP contribution is -2.44.